The summed E-state index contributed by atoms with van der Waals surface area (Å²) >= 11 is 0. The fraction of sp³-hybridized carbons (Fsp3) is 0.400. The van der Waals surface area contributed by atoms with Gasteiger partial charge in [-0.25, -0.2) is 0 Å². The van der Waals surface area contributed by atoms with E-state index in [1.165, 1.54) is 14.2 Å². The monoisotopic (exact) mass is 294 g/mol. The van der Waals surface area contributed by atoms with Crippen molar-refractivity contribution in [1.29, 1.82) is 0 Å². The Morgan fingerprint density at radius 2 is 1.95 bits per heavy atom. The summed E-state index contributed by atoms with van der Waals surface area (Å²) in [5, 5.41) is 2.74. The summed E-state index contributed by atoms with van der Waals surface area (Å²) in [6, 6.07) is 3.12. The van der Waals surface area contributed by atoms with Gasteiger partial charge in [-0.1, -0.05) is 6.08 Å². The number of methoxy groups -OCH3 is 2. The van der Waals surface area contributed by atoms with Crippen molar-refractivity contribution < 1.29 is 19.0 Å². The zero-order valence-corrected chi connectivity index (χ0v) is 12.5. The molecule has 0 fully saturated rings. The van der Waals surface area contributed by atoms with Crippen molar-refractivity contribution in [2.75, 3.05) is 39.7 Å². The van der Waals surface area contributed by atoms with E-state index in [0.717, 1.165) is 6.42 Å². The molecular formula is C15H22N2O4. The maximum atomic E-state index is 12.1. The molecule has 1 aromatic carbocycles. The van der Waals surface area contributed by atoms with Gasteiger partial charge in [-0.15, -0.1) is 6.58 Å². The highest BCUT2D eigenvalue weighted by Gasteiger charge is 2.14. The predicted octanol–water partition coefficient (Wildman–Crippen LogP) is 1.61. The molecule has 0 radical (unpaired) electrons. The number of hydrogen-bond donors (Lipinski definition) is 2. The summed E-state index contributed by atoms with van der Waals surface area (Å²) < 4.78 is 15.6. The van der Waals surface area contributed by atoms with Gasteiger partial charge in [-0.05, 0) is 12.5 Å². The van der Waals surface area contributed by atoms with E-state index in [-0.39, 0.29) is 5.91 Å². The average molecular weight is 294 g/mol. The lowest BCUT2D eigenvalue weighted by atomic mass is 10.1. The number of carbonyl (C=O) groups excluding carboxylic acids is 1. The van der Waals surface area contributed by atoms with Crippen molar-refractivity contribution >= 4 is 11.6 Å². The van der Waals surface area contributed by atoms with Gasteiger partial charge in [-0.2, -0.15) is 0 Å². The summed E-state index contributed by atoms with van der Waals surface area (Å²) in [5.74, 6) is 0.666. The van der Waals surface area contributed by atoms with Gasteiger partial charge in [0.05, 0.1) is 33.0 Å². The number of nitrogens with one attached hydrogen (secondary N) is 1. The fourth-order valence-electron chi connectivity index (χ4n) is 1.69. The van der Waals surface area contributed by atoms with Crippen LogP contribution in [0.5, 0.6) is 11.5 Å². The van der Waals surface area contributed by atoms with Crippen LogP contribution in [0.3, 0.4) is 0 Å². The van der Waals surface area contributed by atoms with Crippen LogP contribution in [0, 0.1) is 0 Å². The first-order valence-electron chi connectivity index (χ1n) is 6.62. The van der Waals surface area contributed by atoms with Gasteiger partial charge in [0.15, 0.2) is 11.5 Å². The third-order valence-electron chi connectivity index (χ3n) is 2.80. The molecule has 0 aliphatic carbocycles. The summed E-state index contributed by atoms with van der Waals surface area (Å²) in [4.78, 5) is 12.1. The number of ether oxygens (including phenoxy) is 3. The van der Waals surface area contributed by atoms with Crippen LogP contribution in [-0.4, -0.2) is 39.9 Å². The number of hydrogen-bond acceptors (Lipinski definition) is 5. The van der Waals surface area contributed by atoms with Crippen molar-refractivity contribution in [2.24, 2.45) is 0 Å². The predicted molar refractivity (Wildman–Crippen MR) is 81.9 cm³/mol. The number of nitrogens with two attached hydrogens (primary N) is 1. The highest BCUT2D eigenvalue weighted by molar-refractivity contribution is 6.00. The van der Waals surface area contributed by atoms with Gasteiger partial charge in [0, 0.05) is 18.3 Å². The lowest BCUT2D eigenvalue weighted by Crippen LogP contribution is -2.28. The topological polar surface area (TPSA) is 82.8 Å². The van der Waals surface area contributed by atoms with Gasteiger partial charge < -0.3 is 25.3 Å². The van der Waals surface area contributed by atoms with E-state index >= 15 is 0 Å². The normalized spacial score (nSPS) is 10.0. The zero-order chi connectivity index (χ0) is 15.7. The Morgan fingerprint density at radius 1 is 1.29 bits per heavy atom. The van der Waals surface area contributed by atoms with Gasteiger partial charge in [0.2, 0.25) is 0 Å². The van der Waals surface area contributed by atoms with Gasteiger partial charge in [-0.3, -0.25) is 4.79 Å². The maximum absolute atomic E-state index is 12.1. The molecule has 0 saturated heterocycles. The molecule has 0 bridgehead atoms. The average Bonchev–Trinajstić information content (AvgIpc) is 2.50. The number of anilines is 1. The van der Waals surface area contributed by atoms with Crippen LogP contribution in [0.2, 0.25) is 0 Å². The third-order valence-corrected chi connectivity index (χ3v) is 2.80. The molecule has 0 saturated carbocycles. The van der Waals surface area contributed by atoms with Crippen molar-refractivity contribution in [2.45, 2.75) is 6.42 Å². The number of amides is 1. The largest absolute Gasteiger partial charge is 0.493 e. The summed E-state index contributed by atoms with van der Waals surface area (Å²) in [6.45, 7) is 5.04. The Hall–Kier alpha value is -2.21. The van der Waals surface area contributed by atoms with Crippen molar-refractivity contribution in [1.82, 2.24) is 5.32 Å². The van der Waals surface area contributed by atoms with E-state index in [9.17, 15) is 4.79 Å². The molecule has 0 heterocycles. The SMILES string of the molecule is C=CCCOCCNC(=O)c1cc(OC)c(OC)cc1N. The van der Waals surface area contributed by atoms with Crippen LogP contribution in [0.25, 0.3) is 0 Å². The van der Waals surface area contributed by atoms with Crippen LogP contribution < -0.4 is 20.5 Å². The second-order valence-corrected chi connectivity index (χ2v) is 4.24. The van der Waals surface area contributed by atoms with E-state index in [1.807, 2.05) is 0 Å². The lowest BCUT2D eigenvalue weighted by molar-refractivity contribution is 0.0918. The molecule has 1 aromatic rings. The molecule has 0 aliphatic rings. The van der Waals surface area contributed by atoms with Gasteiger partial charge >= 0.3 is 0 Å². The van der Waals surface area contributed by atoms with Crippen molar-refractivity contribution in [3.05, 3.63) is 30.4 Å². The minimum atomic E-state index is -0.277. The summed E-state index contributed by atoms with van der Waals surface area (Å²) in [7, 11) is 3.01. The first-order chi connectivity index (χ1) is 10.1. The Kier molecular flexibility index (Phi) is 7.11. The summed E-state index contributed by atoms with van der Waals surface area (Å²) in [6.07, 6.45) is 2.57. The molecule has 0 unspecified atom stereocenters. The van der Waals surface area contributed by atoms with Crippen LogP contribution in [0.15, 0.2) is 24.8 Å². The molecule has 0 aromatic heterocycles. The van der Waals surface area contributed by atoms with Crippen molar-refractivity contribution in [3.63, 3.8) is 0 Å². The van der Waals surface area contributed by atoms with E-state index < -0.39 is 0 Å². The van der Waals surface area contributed by atoms with Crippen LogP contribution in [0.1, 0.15) is 16.8 Å². The number of nitrogen functional groups attached to an aromatic ring is 1. The number of rotatable bonds is 9. The Balaban J connectivity index is 2.59. The van der Waals surface area contributed by atoms with E-state index in [4.69, 9.17) is 19.9 Å². The maximum Gasteiger partial charge on any atom is 0.253 e. The Bertz CT molecular complexity index is 489. The highest BCUT2D eigenvalue weighted by atomic mass is 16.5. The molecule has 1 amide bonds. The Morgan fingerprint density at radius 3 is 2.57 bits per heavy atom. The molecule has 1 rings (SSSR count). The molecule has 116 valence electrons. The first-order valence-corrected chi connectivity index (χ1v) is 6.62. The minimum Gasteiger partial charge on any atom is -0.493 e. The fourth-order valence-corrected chi connectivity index (χ4v) is 1.69. The van der Waals surface area contributed by atoms with Gasteiger partial charge in [0.25, 0.3) is 5.91 Å². The zero-order valence-electron chi connectivity index (χ0n) is 12.5. The smallest absolute Gasteiger partial charge is 0.253 e. The minimum absolute atomic E-state index is 0.277. The van der Waals surface area contributed by atoms with Crippen LogP contribution in [0.4, 0.5) is 5.69 Å². The first kappa shape index (κ1) is 16.8. The van der Waals surface area contributed by atoms with E-state index in [2.05, 4.69) is 11.9 Å². The molecule has 0 aliphatic heterocycles. The summed E-state index contributed by atoms with van der Waals surface area (Å²) in [5.41, 5.74) is 6.53. The second kappa shape index (κ2) is 8.86. The number of carbonyl (C=O) groups is 1. The standard InChI is InChI=1S/C15H22N2O4/c1-4-5-7-21-8-6-17-15(18)11-9-13(19-2)14(20-3)10-12(11)16/h4,9-10H,1,5-8,16H2,2-3H3,(H,17,18). The lowest BCUT2D eigenvalue weighted by Gasteiger charge is -2.12. The molecule has 3 N–H and O–H groups in total. The molecule has 0 atom stereocenters. The van der Waals surface area contributed by atoms with E-state index in [0.29, 0.717) is 42.5 Å². The highest BCUT2D eigenvalue weighted by Crippen LogP contribution is 2.31. The second-order valence-electron chi connectivity index (χ2n) is 4.24. The number of benzene rings is 1. The van der Waals surface area contributed by atoms with Crippen molar-refractivity contribution in [3.8, 4) is 11.5 Å². The molecular weight excluding hydrogens is 272 g/mol. The molecule has 6 heteroatoms. The van der Waals surface area contributed by atoms with Crippen LogP contribution >= 0.6 is 0 Å². The quantitative estimate of drug-likeness (QED) is 0.411. The van der Waals surface area contributed by atoms with Crippen LogP contribution in [-0.2, 0) is 4.74 Å². The molecule has 6 nitrogen and oxygen atoms in total. The Labute approximate surface area is 124 Å². The molecule has 21 heavy (non-hydrogen) atoms. The van der Waals surface area contributed by atoms with E-state index in [1.54, 1.807) is 18.2 Å². The van der Waals surface area contributed by atoms with Gasteiger partial charge in [0.1, 0.15) is 0 Å². The molecule has 0 spiro atoms. The third kappa shape index (κ3) is 5.00.